The Morgan fingerprint density at radius 1 is 1.30 bits per heavy atom. The number of nitrogens with one attached hydrogen (secondary N) is 1. The highest BCUT2D eigenvalue weighted by atomic mass is 16.3. The first kappa shape index (κ1) is 14.3. The highest BCUT2D eigenvalue weighted by molar-refractivity contribution is 5.75. The first-order valence-electron chi connectivity index (χ1n) is 6.70. The van der Waals surface area contributed by atoms with Gasteiger partial charge in [-0.3, -0.25) is 9.48 Å². The SMILES string of the molecule is O=C(CCn1cccn1)NC[C@@H](O)Cc1ccccc1. The Morgan fingerprint density at radius 3 is 2.80 bits per heavy atom. The topological polar surface area (TPSA) is 67.2 Å². The van der Waals surface area contributed by atoms with Crippen LogP contribution in [0.5, 0.6) is 0 Å². The zero-order valence-corrected chi connectivity index (χ0v) is 11.3. The van der Waals surface area contributed by atoms with E-state index < -0.39 is 6.10 Å². The third-order valence-electron chi connectivity index (χ3n) is 2.98. The number of aliphatic hydroxyl groups excluding tert-OH is 1. The van der Waals surface area contributed by atoms with Gasteiger partial charge in [-0.25, -0.2) is 0 Å². The van der Waals surface area contributed by atoms with Gasteiger partial charge in [-0.15, -0.1) is 0 Å². The number of aliphatic hydroxyl groups is 1. The Balaban J connectivity index is 1.65. The quantitative estimate of drug-likeness (QED) is 0.790. The van der Waals surface area contributed by atoms with E-state index in [1.807, 2.05) is 42.6 Å². The average molecular weight is 273 g/mol. The summed E-state index contributed by atoms with van der Waals surface area (Å²) in [5.74, 6) is -0.0763. The fourth-order valence-electron chi connectivity index (χ4n) is 1.93. The van der Waals surface area contributed by atoms with Crippen LogP contribution in [0.3, 0.4) is 0 Å². The molecule has 1 heterocycles. The molecule has 0 aliphatic carbocycles. The molecule has 5 nitrogen and oxygen atoms in total. The molecule has 1 amide bonds. The van der Waals surface area contributed by atoms with Gasteiger partial charge < -0.3 is 10.4 Å². The van der Waals surface area contributed by atoms with E-state index in [0.29, 0.717) is 19.4 Å². The summed E-state index contributed by atoms with van der Waals surface area (Å²) in [4.78, 5) is 11.6. The Kier molecular flexibility index (Phi) is 5.32. The lowest BCUT2D eigenvalue weighted by Gasteiger charge is -2.12. The molecule has 2 N–H and O–H groups in total. The van der Waals surface area contributed by atoms with E-state index in [1.54, 1.807) is 10.9 Å². The smallest absolute Gasteiger partial charge is 0.221 e. The highest BCUT2D eigenvalue weighted by Crippen LogP contribution is 2.02. The van der Waals surface area contributed by atoms with Crippen LogP contribution >= 0.6 is 0 Å². The van der Waals surface area contributed by atoms with Crippen molar-refractivity contribution >= 4 is 5.91 Å². The molecule has 1 aromatic carbocycles. The minimum Gasteiger partial charge on any atom is -0.391 e. The molecule has 0 fully saturated rings. The molecule has 106 valence electrons. The number of hydrogen-bond donors (Lipinski definition) is 2. The number of hydrogen-bond acceptors (Lipinski definition) is 3. The molecule has 20 heavy (non-hydrogen) atoms. The average Bonchev–Trinajstić information content (AvgIpc) is 2.97. The van der Waals surface area contributed by atoms with E-state index >= 15 is 0 Å². The Morgan fingerprint density at radius 2 is 2.10 bits per heavy atom. The van der Waals surface area contributed by atoms with E-state index in [-0.39, 0.29) is 12.5 Å². The van der Waals surface area contributed by atoms with Crippen LogP contribution in [0.25, 0.3) is 0 Å². The maximum Gasteiger partial charge on any atom is 0.221 e. The first-order chi connectivity index (χ1) is 9.74. The summed E-state index contributed by atoms with van der Waals surface area (Å²) in [5, 5.41) is 16.6. The third kappa shape index (κ3) is 4.85. The molecular formula is C15H19N3O2. The van der Waals surface area contributed by atoms with Gasteiger partial charge in [0.15, 0.2) is 0 Å². The maximum absolute atomic E-state index is 11.6. The number of carbonyl (C=O) groups is 1. The van der Waals surface area contributed by atoms with Gasteiger partial charge in [0.05, 0.1) is 6.10 Å². The zero-order valence-electron chi connectivity index (χ0n) is 11.3. The summed E-state index contributed by atoms with van der Waals surface area (Å²) in [6.45, 7) is 0.820. The highest BCUT2D eigenvalue weighted by Gasteiger charge is 2.08. The molecule has 0 saturated carbocycles. The van der Waals surface area contributed by atoms with Crippen molar-refractivity contribution in [3.63, 3.8) is 0 Å². The second-order valence-corrected chi connectivity index (χ2v) is 4.67. The van der Waals surface area contributed by atoms with Crippen molar-refractivity contribution in [2.24, 2.45) is 0 Å². The Bertz CT molecular complexity index is 511. The van der Waals surface area contributed by atoms with E-state index in [0.717, 1.165) is 5.56 Å². The van der Waals surface area contributed by atoms with Crippen molar-refractivity contribution in [2.75, 3.05) is 6.54 Å². The van der Waals surface area contributed by atoms with Gasteiger partial charge in [-0.1, -0.05) is 30.3 Å². The molecule has 0 aliphatic heterocycles. The van der Waals surface area contributed by atoms with Gasteiger partial charge in [0.2, 0.25) is 5.91 Å². The molecule has 0 spiro atoms. The summed E-state index contributed by atoms with van der Waals surface area (Å²) < 4.78 is 1.71. The second-order valence-electron chi connectivity index (χ2n) is 4.67. The van der Waals surface area contributed by atoms with E-state index in [9.17, 15) is 9.90 Å². The van der Waals surface area contributed by atoms with Crippen LogP contribution in [0.15, 0.2) is 48.8 Å². The minimum atomic E-state index is -0.564. The molecule has 0 bridgehead atoms. The molecular weight excluding hydrogens is 254 g/mol. The van der Waals surface area contributed by atoms with Crippen LogP contribution in [0.1, 0.15) is 12.0 Å². The molecule has 1 aromatic heterocycles. The summed E-state index contributed by atoms with van der Waals surface area (Å²) in [5.41, 5.74) is 1.06. The van der Waals surface area contributed by atoms with Gasteiger partial charge in [-0.05, 0) is 11.6 Å². The molecule has 0 unspecified atom stereocenters. The third-order valence-corrected chi connectivity index (χ3v) is 2.98. The van der Waals surface area contributed by atoms with Gasteiger partial charge in [0, 0.05) is 38.3 Å². The predicted molar refractivity (Wildman–Crippen MR) is 76.0 cm³/mol. The van der Waals surface area contributed by atoms with E-state index in [2.05, 4.69) is 10.4 Å². The van der Waals surface area contributed by atoms with Gasteiger partial charge in [0.25, 0.3) is 0 Å². The van der Waals surface area contributed by atoms with Crippen LogP contribution < -0.4 is 5.32 Å². The van der Waals surface area contributed by atoms with Crippen LogP contribution in [0, 0.1) is 0 Å². The van der Waals surface area contributed by atoms with E-state index in [4.69, 9.17) is 0 Å². The van der Waals surface area contributed by atoms with Crippen LogP contribution in [0.2, 0.25) is 0 Å². The molecule has 2 aromatic rings. The standard InChI is InChI=1S/C15H19N3O2/c19-14(11-13-5-2-1-3-6-13)12-16-15(20)7-10-18-9-4-8-17-18/h1-6,8-9,14,19H,7,10-12H2,(H,16,20)/t14-/m0/s1. The van der Waals surface area contributed by atoms with Gasteiger partial charge in [0.1, 0.15) is 0 Å². The normalized spacial score (nSPS) is 12.1. The molecule has 1 atom stereocenters. The fourth-order valence-corrected chi connectivity index (χ4v) is 1.93. The van der Waals surface area contributed by atoms with Crippen LogP contribution in [-0.4, -0.2) is 33.4 Å². The van der Waals surface area contributed by atoms with Crippen molar-refractivity contribution in [2.45, 2.75) is 25.5 Å². The zero-order chi connectivity index (χ0) is 14.2. The Labute approximate surface area is 118 Å². The number of aryl methyl sites for hydroxylation is 1. The lowest BCUT2D eigenvalue weighted by molar-refractivity contribution is -0.121. The molecule has 0 saturated heterocycles. The number of amides is 1. The van der Waals surface area contributed by atoms with Crippen molar-refractivity contribution < 1.29 is 9.90 Å². The first-order valence-corrected chi connectivity index (χ1v) is 6.70. The summed E-state index contributed by atoms with van der Waals surface area (Å²) in [6, 6.07) is 11.6. The summed E-state index contributed by atoms with van der Waals surface area (Å²) >= 11 is 0. The summed E-state index contributed by atoms with van der Waals surface area (Å²) in [6.07, 6.45) is 3.84. The van der Waals surface area contributed by atoms with Crippen LogP contribution in [-0.2, 0) is 17.8 Å². The fraction of sp³-hybridized carbons (Fsp3) is 0.333. The van der Waals surface area contributed by atoms with Crippen molar-refractivity contribution in [1.29, 1.82) is 0 Å². The number of rotatable bonds is 7. The lowest BCUT2D eigenvalue weighted by atomic mass is 10.1. The number of aromatic nitrogens is 2. The maximum atomic E-state index is 11.6. The van der Waals surface area contributed by atoms with E-state index in [1.165, 1.54) is 0 Å². The number of carbonyl (C=O) groups excluding carboxylic acids is 1. The van der Waals surface area contributed by atoms with Crippen molar-refractivity contribution in [3.05, 3.63) is 54.4 Å². The predicted octanol–water partition coefficient (Wildman–Crippen LogP) is 0.993. The second kappa shape index (κ2) is 7.45. The van der Waals surface area contributed by atoms with Crippen molar-refractivity contribution in [3.8, 4) is 0 Å². The van der Waals surface area contributed by atoms with Gasteiger partial charge >= 0.3 is 0 Å². The molecule has 0 radical (unpaired) electrons. The van der Waals surface area contributed by atoms with Gasteiger partial charge in [-0.2, -0.15) is 5.10 Å². The summed E-state index contributed by atoms with van der Waals surface area (Å²) in [7, 11) is 0. The monoisotopic (exact) mass is 273 g/mol. The number of nitrogens with zero attached hydrogens (tertiary/aromatic N) is 2. The van der Waals surface area contributed by atoms with Crippen LogP contribution in [0.4, 0.5) is 0 Å². The van der Waals surface area contributed by atoms with Crippen molar-refractivity contribution in [1.82, 2.24) is 15.1 Å². The molecule has 5 heteroatoms. The molecule has 0 aliphatic rings. The lowest BCUT2D eigenvalue weighted by Crippen LogP contribution is -2.33. The Hall–Kier alpha value is -2.14. The molecule has 2 rings (SSSR count). The largest absolute Gasteiger partial charge is 0.391 e. The minimum absolute atomic E-state index is 0.0763. The number of benzene rings is 1.